The lowest BCUT2D eigenvalue weighted by atomic mass is 9.96. The number of aliphatic imine (C=N–C) groups is 1. The maximum absolute atomic E-state index is 11.8. The molecule has 138 valence electrons. The first kappa shape index (κ1) is 19.3. The van der Waals surface area contributed by atoms with Crippen molar-refractivity contribution in [1.82, 2.24) is 15.5 Å². The fourth-order valence-electron chi connectivity index (χ4n) is 3.02. The Balaban J connectivity index is 1.82. The molecular formula is C20H32N4O. The number of hydrogen-bond acceptors (Lipinski definition) is 2. The number of nitrogens with zero attached hydrogens (tertiary/aromatic N) is 2. The van der Waals surface area contributed by atoms with Crippen molar-refractivity contribution in [2.45, 2.75) is 51.0 Å². The minimum atomic E-state index is 0.0222. The third-order valence-electron chi connectivity index (χ3n) is 4.59. The predicted molar refractivity (Wildman–Crippen MR) is 104 cm³/mol. The molecule has 5 heteroatoms. The van der Waals surface area contributed by atoms with Crippen LogP contribution >= 0.6 is 0 Å². The molecule has 2 N–H and O–H groups in total. The van der Waals surface area contributed by atoms with Crippen molar-refractivity contribution in [1.29, 1.82) is 0 Å². The SMILES string of the molecule is CN(C)C(=O)CN=C(NCCCc1ccccc1)NC1CCCCC1. The van der Waals surface area contributed by atoms with Crippen LogP contribution in [0.4, 0.5) is 0 Å². The van der Waals surface area contributed by atoms with Crippen LogP contribution < -0.4 is 10.6 Å². The molecule has 1 aromatic carbocycles. The third kappa shape index (κ3) is 7.59. The van der Waals surface area contributed by atoms with Gasteiger partial charge in [-0.15, -0.1) is 0 Å². The monoisotopic (exact) mass is 344 g/mol. The lowest BCUT2D eigenvalue weighted by Gasteiger charge is -2.25. The van der Waals surface area contributed by atoms with E-state index in [1.165, 1.54) is 37.7 Å². The van der Waals surface area contributed by atoms with Gasteiger partial charge in [0, 0.05) is 26.7 Å². The van der Waals surface area contributed by atoms with Crippen LogP contribution in [0.15, 0.2) is 35.3 Å². The molecule has 1 aromatic rings. The summed E-state index contributed by atoms with van der Waals surface area (Å²) >= 11 is 0. The number of carbonyl (C=O) groups excluding carboxylic acids is 1. The van der Waals surface area contributed by atoms with E-state index in [9.17, 15) is 4.79 Å². The van der Waals surface area contributed by atoms with E-state index in [1.807, 2.05) is 6.07 Å². The van der Waals surface area contributed by atoms with Gasteiger partial charge in [0.25, 0.3) is 0 Å². The van der Waals surface area contributed by atoms with E-state index >= 15 is 0 Å². The van der Waals surface area contributed by atoms with Gasteiger partial charge < -0.3 is 15.5 Å². The number of guanidine groups is 1. The summed E-state index contributed by atoms with van der Waals surface area (Å²) in [5, 5.41) is 6.92. The van der Waals surface area contributed by atoms with Gasteiger partial charge in [0.2, 0.25) is 5.91 Å². The van der Waals surface area contributed by atoms with E-state index in [0.717, 1.165) is 25.3 Å². The van der Waals surface area contributed by atoms with Crippen molar-refractivity contribution < 1.29 is 4.79 Å². The molecule has 1 saturated carbocycles. The molecule has 1 aliphatic carbocycles. The molecule has 2 rings (SSSR count). The second-order valence-corrected chi connectivity index (χ2v) is 6.95. The zero-order chi connectivity index (χ0) is 17.9. The van der Waals surface area contributed by atoms with Gasteiger partial charge in [-0.2, -0.15) is 0 Å². The van der Waals surface area contributed by atoms with Gasteiger partial charge in [0.1, 0.15) is 6.54 Å². The molecule has 1 fully saturated rings. The highest BCUT2D eigenvalue weighted by Crippen LogP contribution is 2.17. The summed E-state index contributed by atoms with van der Waals surface area (Å²) in [5.41, 5.74) is 1.35. The van der Waals surface area contributed by atoms with Gasteiger partial charge in [-0.25, -0.2) is 4.99 Å². The summed E-state index contributed by atoms with van der Waals surface area (Å²) in [7, 11) is 3.53. The van der Waals surface area contributed by atoms with Crippen LogP contribution in [-0.2, 0) is 11.2 Å². The molecule has 0 heterocycles. The van der Waals surface area contributed by atoms with Crippen molar-refractivity contribution >= 4 is 11.9 Å². The minimum absolute atomic E-state index is 0.0222. The number of nitrogens with one attached hydrogen (secondary N) is 2. The summed E-state index contributed by atoms with van der Waals surface area (Å²) in [5.74, 6) is 0.796. The van der Waals surface area contributed by atoms with E-state index in [4.69, 9.17) is 0 Å². The van der Waals surface area contributed by atoms with Crippen molar-refractivity contribution in [3.63, 3.8) is 0 Å². The van der Waals surface area contributed by atoms with E-state index < -0.39 is 0 Å². The summed E-state index contributed by atoms with van der Waals surface area (Å²) in [4.78, 5) is 17.9. The molecule has 1 aliphatic rings. The number of rotatable bonds is 7. The number of amides is 1. The lowest BCUT2D eigenvalue weighted by molar-refractivity contribution is -0.127. The molecule has 0 saturated heterocycles. The number of aryl methyl sites for hydroxylation is 1. The topological polar surface area (TPSA) is 56.7 Å². The molecule has 0 aliphatic heterocycles. The van der Waals surface area contributed by atoms with Gasteiger partial charge in [0.15, 0.2) is 5.96 Å². The molecule has 5 nitrogen and oxygen atoms in total. The van der Waals surface area contributed by atoms with E-state index in [1.54, 1.807) is 19.0 Å². The third-order valence-corrected chi connectivity index (χ3v) is 4.59. The van der Waals surface area contributed by atoms with Crippen LogP contribution in [0.1, 0.15) is 44.1 Å². The molecule has 1 amide bonds. The Morgan fingerprint density at radius 2 is 1.88 bits per heavy atom. The standard InChI is InChI=1S/C20H32N4O/c1-24(2)19(25)16-22-20(23-18-13-7-4-8-14-18)21-15-9-12-17-10-5-3-6-11-17/h3,5-6,10-11,18H,4,7-9,12-16H2,1-2H3,(H2,21,22,23). The van der Waals surface area contributed by atoms with Gasteiger partial charge in [-0.1, -0.05) is 49.6 Å². The van der Waals surface area contributed by atoms with E-state index in [-0.39, 0.29) is 12.5 Å². The maximum atomic E-state index is 11.8. The first-order valence-electron chi connectivity index (χ1n) is 9.44. The van der Waals surface area contributed by atoms with Crippen molar-refractivity contribution in [3.05, 3.63) is 35.9 Å². The van der Waals surface area contributed by atoms with Crippen molar-refractivity contribution in [2.75, 3.05) is 27.2 Å². The molecule has 0 radical (unpaired) electrons. The molecule has 0 spiro atoms. The molecule has 25 heavy (non-hydrogen) atoms. The number of likely N-dealkylation sites (N-methyl/N-ethyl adjacent to an activating group) is 1. The summed E-state index contributed by atoms with van der Waals surface area (Å²) in [6, 6.07) is 11.0. The highest BCUT2D eigenvalue weighted by atomic mass is 16.2. The predicted octanol–water partition coefficient (Wildman–Crippen LogP) is 2.58. The van der Waals surface area contributed by atoms with Crippen LogP contribution in [0.5, 0.6) is 0 Å². The molecule has 0 atom stereocenters. The Morgan fingerprint density at radius 1 is 1.16 bits per heavy atom. The fraction of sp³-hybridized carbons (Fsp3) is 0.600. The minimum Gasteiger partial charge on any atom is -0.356 e. The average molecular weight is 345 g/mol. The quantitative estimate of drug-likeness (QED) is 0.454. The Bertz CT molecular complexity index is 536. The number of hydrogen-bond donors (Lipinski definition) is 2. The zero-order valence-corrected chi connectivity index (χ0v) is 15.6. The van der Waals surface area contributed by atoms with Gasteiger partial charge in [-0.3, -0.25) is 4.79 Å². The number of carbonyl (C=O) groups is 1. The highest BCUT2D eigenvalue weighted by molar-refractivity contribution is 5.84. The van der Waals surface area contributed by atoms with Gasteiger partial charge >= 0.3 is 0 Å². The Kier molecular flexibility index (Phi) is 8.29. The lowest BCUT2D eigenvalue weighted by Crippen LogP contribution is -2.45. The first-order valence-corrected chi connectivity index (χ1v) is 9.44. The van der Waals surface area contributed by atoms with Gasteiger partial charge in [-0.05, 0) is 31.2 Å². The van der Waals surface area contributed by atoms with Crippen molar-refractivity contribution in [3.8, 4) is 0 Å². The Labute approximate surface area is 151 Å². The van der Waals surface area contributed by atoms with Crippen LogP contribution in [-0.4, -0.2) is 50.0 Å². The highest BCUT2D eigenvalue weighted by Gasteiger charge is 2.15. The van der Waals surface area contributed by atoms with Crippen LogP contribution in [0.25, 0.3) is 0 Å². The maximum Gasteiger partial charge on any atom is 0.243 e. The first-order chi connectivity index (χ1) is 12.1. The largest absolute Gasteiger partial charge is 0.356 e. The van der Waals surface area contributed by atoms with E-state index in [0.29, 0.717) is 6.04 Å². The average Bonchev–Trinajstić information content (AvgIpc) is 2.64. The Hall–Kier alpha value is -2.04. The summed E-state index contributed by atoms with van der Waals surface area (Å²) in [6.45, 7) is 1.04. The summed E-state index contributed by atoms with van der Waals surface area (Å²) < 4.78 is 0. The van der Waals surface area contributed by atoms with Crippen LogP contribution in [0.2, 0.25) is 0 Å². The molecular weight excluding hydrogens is 312 g/mol. The number of benzene rings is 1. The second-order valence-electron chi connectivity index (χ2n) is 6.95. The smallest absolute Gasteiger partial charge is 0.243 e. The normalized spacial score (nSPS) is 15.7. The fourth-order valence-corrected chi connectivity index (χ4v) is 3.02. The molecule has 0 aromatic heterocycles. The van der Waals surface area contributed by atoms with Crippen LogP contribution in [0.3, 0.4) is 0 Å². The Morgan fingerprint density at radius 3 is 2.56 bits per heavy atom. The molecule has 0 unspecified atom stereocenters. The van der Waals surface area contributed by atoms with Crippen LogP contribution in [0, 0.1) is 0 Å². The van der Waals surface area contributed by atoms with Gasteiger partial charge in [0.05, 0.1) is 0 Å². The van der Waals surface area contributed by atoms with E-state index in [2.05, 4.69) is 39.9 Å². The van der Waals surface area contributed by atoms with Crippen molar-refractivity contribution in [2.24, 2.45) is 4.99 Å². The summed E-state index contributed by atoms with van der Waals surface area (Å²) in [6.07, 6.45) is 8.33. The second kappa shape index (κ2) is 10.7. The molecule has 0 bridgehead atoms. The zero-order valence-electron chi connectivity index (χ0n) is 15.6.